The van der Waals surface area contributed by atoms with Crippen molar-refractivity contribution in [3.63, 3.8) is 0 Å². The van der Waals surface area contributed by atoms with Crippen LogP contribution in [0.15, 0.2) is 12.3 Å². The number of rotatable bonds is 3. The third-order valence-corrected chi connectivity index (χ3v) is 3.01. The molecule has 2 N–H and O–H groups in total. The summed E-state index contributed by atoms with van der Waals surface area (Å²) in [7, 11) is 0. The average Bonchev–Trinajstić information content (AvgIpc) is 2.41. The van der Waals surface area contributed by atoms with Gasteiger partial charge in [-0.1, -0.05) is 13.8 Å². The van der Waals surface area contributed by atoms with Crippen molar-refractivity contribution in [2.75, 3.05) is 6.54 Å². The van der Waals surface area contributed by atoms with Gasteiger partial charge in [-0.3, -0.25) is 9.59 Å². The Kier molecular flexibility index (Phi) is 4.09. The fourth-order valence-corrected chi connectivity index (χ4v) is 1.92. The molecule has 2 heterocycles. The zero-order valence-electron chi connectivity index (χ0n) is 11.1. The summed E-state index contributed by atoms with van der Waals surface area (Å²) in [5.41, 5.74) is 0.303. The molecule has 1 fully saturated rings. The van der Waals surface area contributed by atoms with Crippen LogP contribution in [-0.2, 0) is 4.79 Å². The summed E-state index contributed by atoms with van der Waals surface area (Å²) >= 11 is 0. The fraction of sp³-hybridized carbons (Fsp3) is 0.538. The predicted molar refractivity (Wildman–Crippen MR) is 69.6 cm³/mol. The monoisotopic (exact) mass is 262 g/mol. The molecule has 1 atom stereocenters. The molecule has 6 nitrogen and oxygen atoms in total. The Bertz CT molecular complexity index is 487. The van der Waals surface area contributed by atoms with Crippen molar-refractivity contribution < 1.29 is 9.59 Å². The molecular formula is C13H18N4O2. The summed E-state index contributed by atoms with van der Waals surface area (Å²) in [5, 5.41) is 5.44. The Morgan fingerprint density at radius 3 is 3.00 bits per heavy atom. The molecule has 1 aromatic heterocycles. The second-order valence-corrected chi connectivity index (χ2v) is 4.91. The average molecular weight is 262 g/mol. The summed E-state index contributed by atoms with van der Waals surface area (Å²) < 4.78 is 0. The summed E-state index contributed by atoms with van der Waals surface area (Å²) in [6, 6.07) is 1.10. The molecule has 1 aromatic rings. The largest absolute Gasteiger partial charge is 0.354 e. The van der Waals surface area contributed by atoms with E-state index in [9.17, 15) is 9.59 Å². The number of aromatic nitrogens is 2. The Labute approximate surface area is 112 Å². The number of hydrogen-bond acceptors (Lipinski definition) is 4. The van der Waals surface area contributed by atoms with E-state index in [-0.39, 0.29) is 17.7 Å². The third kappa shape index (κ3) is 3.27. The van der Waals surface area contributed by atoms with Crippen LogP contribution in [0.1, 0.15) is 48.9 Å². The van der Waals surface area contributed by atoms with Gasteiger partial charge in [-0.25, -0.2) is 9.97 Å². The van der Waals surface area contributed by atoms with Crippen molar-refractivity contribution in [1.82, 2.24) is 20.6 Å². The lowest BCUT2D eigenvalue weighted by atomic mass is 10.1. The van der Waals surface area contributed by atoms with Gasteiger partial charge in [0.15, 0.2) is 0 Å². The van der Waals surface area contributed by atoms with Gasteiger partial charge in [-0.2, -0.15) is 0 Å². The third-order valence-electron chi connectivity index (χ3n) is 3.01. The summed E-state index contributed by atoms with van der Waals surface area (Å²) in [6.45, 7) is 4.60. The van der Waals surface area contributed by atoms with Crippen LogP contribution in [-0.4, -0.2) is 34.4 Å². The molecule has 19 heavy (non-hydrogen) atoms. The molecule has 0 radical (unpaired) electrons. The quantitative estimate of drug-likeness (QED) is 0.836. The predicted octanol–water partition coefficient (Wildman–Crippen LogP) is 0.608. The van der Waals surface area contributed by atoms with Crippen LogP contribution in [0.2, 0.25) is 0 Å². The van der Waals surface area contributed by atoms with Gasteiger partial charge in [-0.05, 0) is 18.9 Å². The molecule has 2 amide bonds. The number of nitrogens with zero attached hydrogens (tertiary/aromatic N) is 2. The van der Waals surface area contributed by atoms with Gasteiger partial charge in [-0.15, -0.1) is 0 Å². The first-order chi connectivity index (χ1) is 9.08. The molecule has 102 valence electrons. The van der Waals surface area contributed by atoms with Crippen molar-refractivity contribution in [3.05, 3.63) is 23.8 Å². The lowest BCUT2D eigenvalue weighted by Crippen LogP contribution is -2.50. The first-order valence-electron chi connectivity index (χ1n) is 6.49. The Morgan fingerprint density at radius 1 is 1.53 bits per heavy atom. The fourth-order valence-electron chi connectivity index (χ4n) is 1.92. The maximum atomic E-state index is 12.1. The minimum atomic E-state index is -0.460. The van der Waals surface area contributed by atoms with E-state index in [1.165, 1.54) is 0 Å². The molecule has 1 unspecified atom stereocenters. The highest BCUT2D eigenvalue weighted by Gasteiger charge is 2.24. The number of nitrogens with one attached hydrogen (secondary N) is 2. The molecule has 1 saturated heterocycles. The maximum Gasteiger partial charge on any atom is 0.270 e. The van der Waals surface area contributed by atoms with Crippen LogP contribution in [0.25, 0.3) is 0 Å². The molecule has 0 saturated carbocycles. The molecule has 0 bridgehead atoms. The van der Waals surface area contributed by atoms with E-state index in [1.807, 2.05) is 13.8 Å². The molecule has 1 aliphatic rings. The van der Waals surface area contributed by atoms with E-state index in [4.69, 9.17) is 0 Å². The summed E-state index contributed by atoms with van der Waals surface area (Å²) in [4.78, 5) is 32.0. The number of carbonyl (C=O) groups is 2. The van der Waals surface area contributed by atoms with Crippen molar-refractivity contribution >= 4 is 11.8 Å². The second-order valence-electron chi connectivity index (χ2n) is 4.91. The van der Waals surface area contributed by atoms with Crippen LogP contribution >= 0.6 is 0 Å². The van der Waals surface area contributed by atoms with Gasteiger partial charge >= 0.3 is 0 Å². The van der Waals surface area contributed by atoms with Crippen LogP contribution in [0.5, 0.6) is 0 Å². The topological polar surface area (TPSA) is 84.0 Å². The van der Waals surface area contributed by atoms with Gasteiger partial charge in [0.05, 0.1) is 0 Å². The molecule has 2 rings (SSSR count). The SMILES string of the molecule is CC(C)c1nccc(C(=O)NC2CCCNC2=O)n1. The van der Waals surface area contributed by atoms with E-state index in [2.05, 4.69) is 20.6 Å². The molecular weight excluding hydrogens is 244 g/mol. The minimum Gasteiger partial charge on any atom is -0.354 e. The van der Waals surface area contributed by atoms with E-state index in [1.54, 1.807) is 12.3 Å². The number of amides is 2. The normalized spacial score (nSPS) is 19.1. The molecule has 0 aromatic carbocycles. The standard InChI is InChI=1S/C13H18N4O2/c1-8(2)11-14-7-5-10(16-11)13(19)17-9-4-3-6-15-12(9)18/h5,7-9H,3-4,6H2,1-2H3,(H,15,18)(H,17,19). The number of piperidine rings is 1. The van der Waals surface area contributed by atoms with E-state index < -0.39 is 6.04 Å². The van der Waals surface area contributed by atoms with Gasteiger partial charge in [0.1, 0.15) is 17.6 Å². The smallest absolute Gasteiger partial charge is 0.270 e. The summed E-state index contributed by atoms with van der Waals surface area (Å²) in [6.07, 6.45) is 3.11. The zero-order chi connectivity index (χ0) is 13.8. The number of hydrogen-bond donors (Lipinski definition) is 2. The first-order valence-corrected chi connectivity index (χ1v) is 6.49. The van der Waals surface area contributed by atoms with Crippen LogP contribution in [0, 0.1) is 0 Å². The van der Waals surface area contributed by atoms with Crippen molar-refractivity contribution in [2.24, 2.45) is 0 Å². The number of carbonyl (C=O) groups excluding carboxylic acids is 2. The van der Waals surface area contributed by atoms with Crippen LogP contribution in [0.4, 0.5) is 0 Å². The van der Waals surface area contributed by atoms with Gasteiger partial charge in [0, 0.05) is 18.7 Å². The van der Waals surface area contributed by atoms with Crippen molar-refractivity contribution in [3.8, 4) is 0 Å². The second kappa shape index (κ2) is 5.77. The van der Waals surface area contributed by atoms with Crippen molar-refractivity contribution in [1.29, 1.82) is 0 Å². The van der Waals surface area contributed by atoms with Gasteiger partial charge < -0.3 is 10.6 Å². The van der Waals surface area contributed by atoms with E-state index in [0.29, 0.717) is 24.5 Å². The minimum absolute atomic E-state index is 0.127. The molecule has 0 spiro atoms. The van der Waals surface area contributed by atoms with Crippen LogP contribution < -0.4 is 10.6 Å². The van der Waals surface area contributed by atoms with Gasteiger partial charge in [0.2, 0.25) is 5.91 Å². The van der Waals surface area contributed by atoms with E-state index in [0.717, 1.165) is 6.42 Å². The van der Waals surface area contributed by atoms with Crippen molar-refractivity contribution in [2.45, 2.75) is 38.6 Å². The Balaban J connectivity index is 2.07. The van der Waals surface area contributed by atoms with Crippen LogP contribution in [0.3, 0.4) is 0 Å². The highest BCUT2D eigenvalue weighted by atomic mass is 16.2. The lowest BCUT2D eigenvalue weighted by Gasteiger charge is -2.22. The van der Waals surface area contributed by atoms with Gasteiger partial charge in [0.25, 0.3) is 5.91 Å². The molecule has 0 aliphatic carbocycles. The highest BCUT2D eigenvalue weighted by molar-refractivity contribution is 5.96. The molecule has 6 heteroatoms. The first kappa shape index (κ1) is 13.5. The Hall–Kier alpha value is -1.98. The maximum absolute atomic E-state index is 12.1. The summed E-state index contributed by atoms with van der Waals surface area (Å²) in [5.74, 6) is 0.329. The highest BCUT2D eigenvalue weighted by Crippen LogP contribution is 2.09. The molecule has 1 aliphatic heterocycles. The van der Waals surface area contributed by atoms with E-state index >= 15 is 0 Å². The lowest BCUT2D eigenvalue weighted by molar-refractivity contribution is -0.124. The Morgan fingerprint density at radius 2 is 2.32 bits per heavy atom. The zero-order valence-corrected chi connectivity index (χ0v) is 11.1.